The summed E-state index contributed by atoms with van der Waals surface area (Å²) in [5.41, 5.74) is 0.790. The standard InChI is InChI=1S/C15H20INO2/c1-11(18)12-6-8-17(9-7-12)10-15(19)13-2-4-14(16)5-3-13/h2-5,11-12,18H,6-10H2,1H3. The first-order valence-electron chi connectivity index (χ1n) is 6.75. The quantitative estimate of drug-likeness (QED) is 0.652. The average Bonchev–Trinajstić information content (AvgIpc) is 2.40. The van der Waals surface area contributed by atoms with Gasteiger partial charge in [0.1, 0.15) is 0 Å². The molecule has 0 amide bonds. The second-order valence-electron chi connectivity index (χ2n) is 5.28. The first kappa shape index (κ1) is 14.9. The van der Waals surface area contributed by atoms with E-state index in [1.165, 1.54) is 0 Å². The normalized spacial score (nSPS) is 19.3. The SMILES string of the molecule is CC(O)C1CCN(CC(=O)c2ccc(I)cc2)CC1. The van der Waals surface area contributed by atoms with Crippen molar-refractivity contribution in [2.45, 2.75) is 25.9 Å². The minimum absolute atomic E-state index is 0.187. The third-order valence-electron chi connectivity index (χ3n) is 3.85. The lowest BCUT2D eigenvalue weighted by atomic mass is 9.92. The van der Waals surface area contributed by atoms with Crippen LogP contribution in [0.2, 0.25) is 0 Å². The van der Waals surface area contributed by atoms with Crippen molar-refractivity contribution in [2.75, 3.05) is 19.6 Å². The van der Waals surface area contributed by atoms with Crippen molar-refractivity contribution in [3.8, 4) is 0 Å². The number of aliphatic hydroxyl groups excluding tert-OH is 1. The van der Waals surface area contributed by atoms with E-state index in [1.54, 1.807) is 0 Å². The maximum atomic E-state index is 12.1. The molecule has 0 aliphatic carbocycles. The second-order valence-corrected chi connectivity index (χ2v) is 6.53. The van der Waals surface area contributed by atoms with Crippen molar-refractivity contribution in [1.29, 1.82) is 0 Å². The van der Waals surface area contributed by atoms with Crippen LogP contribution in [0.5, 0.6) is 0 Å². The third kappa shape index (κ3) is 4.26. The molecule has 1 N–H and O–H groups in total. The van der Waals surface area contributed by atoms with Crippen LogP contribution in [0, 0.1) is 9.49 Å². The molecule has 0 bridgehead atoms. The van der Waals surface area contributed by atoms with Crippen LogP contribution in [-0.2, 0) is 0 Å². The first-order valence-corrected chi connectivity index (χ1v) is 7.83. The number of ketones is 1. The van der Waals surface area contributed by atoms with Crippen molar-refractivity contribution in [3.05, 3.63) is 33.4 Å². The number of rotatable bonds is 4. The Balaban J connectivity index is 1.85. The molecule has 19 heavy (non-hydrogen) atoms. The number of benzene rings is 1. The number of aliphatic hydroxyl groups is 1. The molecule has 3 nitrogen and oxygen atoms in total. The molecule has 1 atom stereocenters. The molecule has 2 rings (SSSR count). The minimum Gasteiger partial charge on any atom is -0.393 e. The molecule has 104 valence electrons. The molecule has 1 unspecified atom stereocenters. The van der Waals surface area contributed by atoms with Crippen molar-refractivity contribution in [3.63, 3.8) is 0 Å². The van der Waals surface area contributed by atoms with E-state index >= 15 is 0 Å². The summed E-state index contributed by atoms with van der Waals surface area (Å²) in [5.74, 6) is 0.580. The highest BCUT2D eigenvalue weighted by molar-refractivity contribution is 14.1. The number of hydrogen-bond donors (Lipinski definition) is 1. The van der Waals surface area contributed by atoms with Crippen LogP contribution in [0.1, 0.15) is 30.1 Å². The van der Waals surface area contributed by atoms with E-state index in [0.717, 1.165) is 35.1 Å². The lowest BCUT2D eigenvalue weighted by Gasteiger charge is -2.32. The number of Topliss-reactive ketones (excluding diaryl/α,β-unsaturated/α-hetero) is 1. The van der Waals surface area contributed by atoms with Gasteiger partial charge in [-0.05, 0) is 73.5 Å². The highest BCUT2D eigenvalue weighted by atomic mass is 127. The number of halogens is 1. The molecule has 1 aliphatic rings. The molecule has 0 spiro atoms. The van der Waals surface area contributed by atoms with E-state index in [0.29, 0.717) is 12.5 Å². The summed E-state index contributed by atoms with van der Waals surface area (Å²) in [6.45, 7) is 4.17. The van der Waals surface area contributed by atoms with Gasteiger partial charge in [0.25, 0.3) is 0 Å². The summed E-state index contributed by atoms with van der Waals surface area (Å²) in [6, 6.07) is 7.72. The molecule has 0 saturated carbocycles. The molecule has 1 fully saturated rings. The third-order valence-corrected chi connectivity index (χ3v) is 4.57. The molecule has 0 aromatic heterocycles. The molecule has 1 heterocycles. The molecule has 1 aliphatic heterocycles. The van der Waals surface area contributed by atoms with E-state index in [1.807, 2.05) is 31.2 Å². The number of piperidine rings is 1. The van der Waals surface area contributed by atoms with Gasteiger partial charge < -0.3 is 5.11 Å². The molecule has 1 aromatic carbocycles. The van der Waals surface area contributed by atoms with Gasteiger partial charge in [0.05, 0.1) is 12.6 Å². The fourth-order valence-corrected chi connectivity index (χ4v) is 2.88. The zero-order chi connectivity index (χ0) is 13.8. The molecular formula is C15H20INO2. The number of hydrogen-bond acceptors (Lipinski definition) is 3. The minimum atomic E-state index is -0.228. The summed E-state index contributed by atoms with van der Waals surface area (Å²) in [7, 11) is 0. The van der Waals surface area contributed by atoms with E-state index in [-0.39, 0.29) is 11.9 Å². The van der Waals surface area contributed by atoms with Gasteiger partial charge in [0.2, 0.25) is 0 Å². The smallest absolute Gasteiger partial charge is 0.176 e. The van der Waals surface area contributed by atoms with E-state index in [4.69, 9.17) is 0 Å². The molecule has 0 radical (unpaired) electrons. The predicted octanol–water partition coefficient (Wildman–Crippen LogP) is 2.57. The van der Waals surface area contributed by atoms with Crippen LogP contribution in [0.3, 0.4) is 0 Å². The summed E-state index contributed by atoms with van der Waals surface area (Å²) in [4.78, 5) is 14.3. The van der Waals surface area contributed by atoms with Gasteiger partial charge in [-0.2, -0.15) is 0 Å². The molecule has 1 saturated heterocycles. The van der Waals surface area contributed by atoms with Crippen molar-refractivity contribution in [2.24, 2.45) is 5.92 Å². The first-order chi connectivity index (χ1) is 9.06. The average molecular weight is 373 g/mol. The molecule has 1 aromatic rings. The Labute approximate surface area is 128 Å². The van der Waals surface area contributed by atoms with Gasteiger partial charge in [-0.25, -0.2) is 0 Å². The van der Waals surface area contributed by atoms with E-state index in [9.17, 15) is 9.90 Å². The van der Waals surface area contributed by atoms with Gasteiger partial charge in [-0.3, -0.25) is 9.69 Å². The summed E-state index contributed by atoms with van der Waals surface area (Å²) in [5, 5.41) is 9.56. The second kappa shape index (κ2) is 6.81. The fourth-order valence-electron chi connectivity index (χ4n) is 2.52. The van der Waals surface area contributed by atoms with Crippen LogP contribution >= 0.6 is 22.6 Å². The molecular weight excluding hydrogens is 353 g/mol. The zero-order valence-corrected chi connectivity index (χ0v) is 13.3. The Morgan fingerprint density at radius 1 is 1.37 bits per heavy atom. The van der Waals surface area contributed by atoms with Crippen molar-refractivity contribution < 1.29 is 9.90 Å². The Kier molecular flexibility index (Phi) is 5.36. The zero-order valence-electron chi connectivity index (χ0n) is 11.2. The Morgan fingerprint density at radius 2 is 1.95 bits per heavy atom. The summed E-state index contributed by atoms with van der Waals surface area (Å²) in [6.07, 6.45) is 1.74. The largest absolute Gasteiger partial charge is 0.393 e. The topological polar surface area (TPSA) is 40.5 Å². The lowest BCUT2D eigenvalue weighted by Crippen LogP contribution is -2.39. The number of carbonyl (C=O) groups is 1. The Hall–Kier alpha value is -0.460. The van der Waals surface area contributed by atoms with Crippen LogP contribution < -0.4 is 0 Å². The maximum absolute atomic E-state index is 12.1. The highest BCUT2D eigenvalue weighted by Gasteiger charge is 2.23. The van der Waals surface area contributed by atoms with Crippen molar-refractivity contribution in [1.82, 2.24) is 4.90 Å². The van der Waals surface area contributed by atoms with Crippen LogP contribution in [0.15, 0.2) is 24.3 Å². The highest BCUT2D eigenvalue weighted by Crippen LogP contribution is 2.20. The van der Waals surface area contributed by atoms with Crippen LogP contribution in [0.4, 0.5) is 0 Å². The summed E-state index contributed by atoms with van der Waals surface area (Å²) < 4.78 is 1.15. The monoisotopic (exact) mass is 373 g/mol. The van der Waals surface area contributed by atoms with Crippen molar-refractivity contribution >= 4 is 28.4 Å². The number of likely N-dealkylation sites (tertiary alicyclic amines) is 1. The lowest BCUT2D eigenvalue weighted by molar-refractivity contribution is 0.0664. The van der Waals surface area contributed by atoms with Gasteiger partial charge in [-0.15, -0.1) is 0 Å². The van der Waals surface area contributed by atoms with Gasteiger partial charge in [0, 0.05) is 9.13 Å². The predicted molar refractivity (Wildman–Crippen MR) is 84.3 cm³/mol. The van der Waals surface area contributed by atoms with Crippen LogP contribution in [-0.4, -0.2) is 41.5 Å². The fraction of sp³-hybridized carbons (Fsp3) is 0.533. The van der Waals surface area contributed by atoms with E-state index in [2.05, 4.69) is 27.5 Å². The molecule has 4 heteroatoms. The van der Waals surface area contributed by atoms with Gasteiger partial charge in [0.15, 0.2) is 5.78 Å². The van der Waals surface area contributed by atoms with Gasteiger partial charge in [-0.1, -0.05) is 12.1 Å². The van der Waals surface area contributed by atoms with Gasteiger partial charge >= 0.3 is 0 Å². The maximum Gasteiger partial charge on any atom is 0.176 e. The Bertz CT molecular complexity index is 422. The summed E-state index contributed by atoms with van der Waals surface area (Å²) >= 11 is 2.24. The number of nitrogens with zero attached hydrogens (tertiary/aromatic N) is 1. The Morgan fingerprint density at radius 3 is 2.47 bits per heavy atom. The van der Waals surface area contributed by atoms with E-state index < -0.39 is 0 Å². The number of carbonyl (C=O) groups excluding carboxylic acids is 1. The van der Waals surface area contributed by atoms with Crippen LogP contribution in [0.25, 0.3) is 0 Å².